The maximum Gasteiger partial charge on any atom is 0.305 e. The van der Waals surface area contributed by atoms with Gasteiger partial charge in [-0.15, -0.1) is 0 Å². The number of hydrogen-bond donors (Lipinski definition) is 2. The molecular formula is C17H23NO3. The number of carboxylic acid groups (broad SMARTS) is 1. The van der Waals surface area contributed by atoms with Gasteiger partial charge >= 0.3 is 5.97 Å². The first-order chi connectivity index (χ1) is 10.1. The average Bonchev–Trinajstić information content (AvgIpc) is 2.47. The number of carbonyl (C=O) groups is 2. The molecule has 2 N–H and O–H groups in total. The number of amides is 1. The topological polar surface area (TPSA) is 66.4 Å². The number of benzene rings is 1. The van der Waals surface area contributed by atoms with E-state index in [1.807, 2.05) is 31.2 Å². The zero-order chi connectivity index (χ0) is 15.2. The molecule has 0 aromatic heterocycles. The number of nitrogens with one attached hydrogen (secondary N) is 1. The molecule has 2 rings (SSSR count). The van der Waals surface area contributed by atoms with Gasteiger partial charge in [-0.25, -0.2) is 0 Å². The lowest BCUT2D eigenvalue weighted by atomic mass is 9.88. The van der Waals surface area contributed by atoms with E-state index in [1.165, 1.54) is 6.42 Å². The molecule has 1 amide bonds. The van der Waals surface area contributed by atoms with Crippen LogP contribution in [0.1, 0.15) is 55.7 Å². The molecule has 114 valence electrons. The highest BCUT2D eigenvalue weighted by Gasteiger charge is 2.25. The molecule has 0 saturated heterocycles. The molecule has 1 aromatic rings. The van der Waals surface area contributed by atoms with Crippen LogP contribution in [0.3, 0.4) is 0 Å². The number of aliphatic carboxylic acids is 1. The quantitative estimate of drug-likeness (QED) is 0.874. The molecule has 0 aliphatic heterocycles. The van der Waals surface area contributed by atoms with Crippen LogP contribution in [0.15, 0.2) is 24.3 Å². The second-order valence-corrected chi connectivity index (χ2v) is 5.85. The van der Waals surface area contributed by atoms with Crippen molar-refractivity contribution in [2.24, 2.45) is 5.92 Å². The van der Waals surface area contributed by atoms with Crippen molar-refractivity contribution in [3.05, 3.63) is 35.4 Å². The second-order valence-electron chi connectivity index (χ2n) is 5.85. The van der Waals surface area contributed by atoms with Crippen molar-refractivity contribution >= 4 is 11.9 Å². The first-order valence-corrected chi connectivity index (χ1v) is 7.65. The Morgan fingerprint density at radius 2 is 1.90 bits per heavy atom. The van der Waals surface area contributed by atoms with E-state index < -0.39 is 12.0 Å². The Kier molecular flexibility index (Phi) is 5.37. The third-order valence-corrected chi connectivity index (χ3v) is 4.24. The third-order valence-electron chi connectivity index (χ3n) is 4.24. The molecular weight excluding hydrogens is 266 g/mol. The summed E-state index contributed by atoms with van der Waals surface area (Å²) in [4.78, 5) is 23.5. The predicted octanol–water partition coefficient (Wildman–Crippen LogP) is 3.21. The summed E-state index contributed by atoms with van der Waals surface area (Å²) in [5.74, 6) is -0.851. The number of aryl methyl sites for hydroxylation is 1. The summed E-state index contributed by atoms with van der Waals surface area (Å²) in [5, 5.41) is 12.1. The normalized spacial score (nSPS) is 17.2. The van der Waals surface area contributed by atoms with Gasteiger partial charge < -0.3 is 10.4 Å². The van der Waals surface area contributed by atoms with E-state index in [4.69, 9.17) is 5.11 Å². The van der Waals surface area contributed by atoms with Gasteiger partial charge in [-0.05, 0) is 30.9 Å². The monoisotopic (exact) mass is 289 g/mol. The molecule has 1 fully saturated rings. The number of carbonyl (C=O) groups excluding carboxylic acids is 1. The molecule has 0 bridgehead atoms. The van der Waals surface area contributed by atoms with E-state index in [1.54, 1.807) is 0 Å². The smallest absolute Gasteiger partial charge is 0.305 e. The van der Waals surface area contributed by atoms with Gasteiger partial charge in [0.2, 0.25) is 5.91 Å². The SMILES string of the molecule is Cc1ccccc1C(CC(=O)O)NC(=O)C1CCCCC1. The minimum Gasteiger partial charge on any atom is -0.481 e. The van der Waals surface area contributed by atoms with E-state index in [0.717, 1.165) is 36.8 Å². The Bertz CT molecular complexity index is 507. The first-order valence-electron chi connectivity index (χ1n) is 7.65. The van der Waals surface area contributed by atoms with Gasteiger partial charge in [0.15, 0.2) is 0 Å². The second kappa shape index (κ2) is 7.25. The number of carboxylic acids is 1. The molecule has 21 heavy (non-hydrogen) atoms. The van der Waals surface area contributed by atoms with Gasteiger partial charge in [0.05, 0.1) is 12.5 Å². The van der Waals surface area contributed by atoms with Crippen LogP contribution in [-0.4, -0.2) is 17.0 Å². The summed E-state index contributed by atoms with van der Waals surface area (Å²) in [6, 6.07) is 7.18. The highest BCUT2D eigenvalue weighted by Crippen LogP contribution is 2.26. The maximum atomic E-state index is 12.4. The lowest BCUT2D eigenvalue weighted by Gasteiger charge is -2.25. The van der Waals surface area contributed by atoms with Gasteiger partial charge in [0, 0.05) is 5.92 Å². The summed E-state index contributed by atoms with van der Waals surface area (Å²) in [6.07, 6.45) is 5.13. The van der Waals surface area contributed by atoms with Gasteiger partial charge in [0.1, 0.15) is 0 Å². The zero-order valence-corrected chi connectivity index (χ0v) is 12.5. The third kappa shape index (κ3) is 4.31. The van der Waals surface area contributed by atoms with Crippen molar-refractivity contribution in [3.8, 4) is 0 Å². The van der Waals surface area contributed by atoms with Crippen molar-refractivity contribution in [1.29, 1.82) is 0 Å². The predicted molar refractivity (Wildman–Crippen MR) is 80.9 cm³/mol. The van der Waals surface area contributed by atoms with Crippen LogP contribution in [0, 0.1) is 12.8 Å². The Morgan fingerprint density at radius 1 is 1.24 bits per heavy atom. The van der Waals surface area contributed by atoms with E-state index in [-0.39, 0.29) is 18.2 Å². The van der Waals surface area contributed by atoms with E-state index in [0.29, 0.717) is 0 Å². The Balaban J connectivity index is 2.11. The fraction of sp³-hybridized carbons (Fsp3) is 0.529. The van der Waals surface area contributed by atoms with Gasteiger partial charge in [0.25, 0.3) is 0 Å². The minimum atomic E-state index is -0.896. The van der Waals surface area contributed by atoms with Crippen molar-refractivity contribution in [2.45, 2.75) is 51.5 Å². The molecule has 0 spiro atoms. The fourth-order valence-electron chi connectivity index (χ4n) is 3.05. The van der Waals surface area contributed by atoms with Crippen molar-refractivity contribution in [3.63, 3.8) is 0 Å². The molecule has 4 heteroatoms. The van der Waals surface area contributed by atoms with Gasteiger partial charge in [-0.2, -0.15) is 0 Å². The molecule has 1 saturated carbocycles. The molecule has 1 unspecified atom stereocenters. The summed E-state index contributed by atoms with van der Waals surface area (Å²) in [6.45, 7) is 1.94. The zero-order valence-electron chi connectivity index (χ0n) is 12.5. The lowest BCUT2D eigenvalue weighted by Crippen LogP contribution is -2.36. The molecule has 1 aromatic carbocycles. The Labute approximate surface area is 125 Å². The van der Waals surface area contributed by atoms with Crippen LogP contribution in [0.5, 0.6) is 0 Å². The lowest BCUT2D eigenvalue weighted by molar-refractivity contribution is -0.138. The van der Waals surface area contributed by atoms with Crippen LogP contribution in [0.25, 0.3) is 0 Å². The number of hydrogen-bond acceptors (Lipinski definition) is 2. The summed E-state index contributed by atoms with van der Waals surface area (Å²) < 4.78 is 0. The summed E-state index contributed by atoms with van der Waals surface area (Å²) >= 11 is 0. The molecule has 1 aliphatic rings. The van der Waals surface area contributed by atoms with E-state index in [2.05, 4.69) is 5.32 Å². The maximum absolute atomic E-state index is 12.4. The Morgan fingerprint density at radius 3 is 2.52 bits per heavy atom. The van der Waals surface area contributed by atoms with E-state index >= 15 is 0 Å². The molecule has 0 heterocycles. The summed E-state index contributed by atoms with van der Waals surface area (Å²) in [5.41, 5.74) is 1.90. The fourth-order valence-corrected chi connectivity index (χ4v) is 3.05. The Hall–Kier alpha value is -1.84. The number of rotatable bonds is 5. The average molecular weight is 289 g/mol. The van der Waals surface area contributed by atoms with Crippen LogP contribution in [0.2, 0.25) is 0 Å². The van der Waals surface area contributed by atoms with Crippen molar-refractivity contribution in [1.82, 2.24) is 5.32 Å². The molecule has 4 nitrogen and oxygen atoms in total. The first kappa shape index (κ1) is 15.5. The standard InChI is InChI=1S/C17H23NO3/c1-12-7-5-6-10-14(12)15(11-16(19)20)18-17(21)13-8-3-2-4-9-13/h5-7,10,13,15H,2-4,8-9,11H2,1H3,(H,18,21)(H,19,20). The van der Waals surface area contributed by atoms with E-state index in [9.17, 15) is 9.59 Å². The van der Waals surface area contributed by atoms with Gasteiger partial charge in [-0.3, -0.25) is 9.59 Å². The van der Waals surface area contributed by atoms with Crippen LogP contribution in [-0.2, 0) is 9.59 Å². The van der Waals surface area contributed by atoms with Crippen LogP contribution >= 0.6 is 0 Å². The van der Waals surface area contributed by atoms with Crippen molar-refractivity contribution < 1.29 is 14.7 Å². The van der Waals surface area contributed by atoms with Gasteiger partial charge in [-0.1, -0.05) is 43.5 Å². The molecule has 0 radical (unpaired) electrons. The molecule has 1 aliphatic carbocycles. The molecule has 1 atom stereocenters. The summed E-state index contributed by atoms with van der Waals surface area (Å²) in [7, 11) is 0. The highest BCUT2D eigenvalue weighted by molar-refractivity contribution is 5.80. The minimum absolute atomic E-state index is 0.00389. The highest BCUT2D eigenvalue weighted by atomic mass is 16.4. The van der Waals surface area contributed by atoms with Crippen LogP contribution in [0.4, 0.5) is 0 Å². The van der Waals surface area contributed by atoms with Crippen molar-refractivity contribution in [2.75, 3.05) is 0 Å². The van der Waals surface area contributed by atoms with Crippen LogP contribution < -0.4 is 5.32 Å². The largest absolute Gasteiger partial charge is 0.481 e.